The minimum absolute atomic E-state index is 0.152. The van der Waals surface area contributed by atoms with Crippen LogP contribution < -0.4 is 0 Å². The van der Waals surface area contributed by atoms with Crippen molar-refractivity contribution in [3.63, 3.8) is 0 Å². The van der Waals surface area contributed by atoms with Gasteiger partial charge in [-0.1, -0.05) is 48.1 Å². The summed E-state index contributed by atoms with van der Waals surface area (Å²) in [5, 5.41) is 10.1. The molecule has 0 saturated heterocycles. The second-order valence-corrected chi connectivity index (χ2v) is 6.17. The van der Waals surface area contributed by atoms with Gasteiger partial charge in [-0.25, -0.2) is 0 Å². The van der Waals surface area contributed by atoms with Gasteiger partial charge in [0.15, 0.2) is 0 Å². The third kappa shape index (κ3) is 4.93. The third-order valence-corrected chi connectivity index (χ3v) is 3.92. The fraction of sp³-hybridized carbons (Fsp3) is 0.350. The van der Waals surface area contributed by atoms with Gasteiger partial charge in [0.1, 0.15) is 0 Å². The lowest BCUT2D eigenvalue weighted by molar-refractivity contribution is -0.128. The normalized spacial score (nSPS) is 16.4. The predicted octanol–water partition coefficient (Wildman–Crippen LogP) is 3.71. The lowest BCUT2D eigenvalue weighted by Crippen LogP contribution is -2.27. The smallest absolute Gasteiger partial charge is 0.227 e. The van der Waals surface area contributed by atoms with Crippen molar-refractivity contribution in [3.05, 3.63) is 64.9 Å². The van der Waals surface area contributed by atoms with Gasteiger partial charge in [-0.2, -0.15) is 0 Å². The molecule has 0 saturated carbocycles. The molecule has 1 N–H and O–H groups in total. The first kappa shape index (κ1) is 17.2. The number of nitrogens with zero attached hydrogens (tertiary/aromatic N) is 1. The van der Waals surface area contributed by atoms with Crippen molar-refractivity contribution in [2.75, 3.05) is 7.05 Å². The van der Waals surface area contributed by atoms with Crippen LogP contribution in [0.25, 0.3) is 6.08 Å². The Labute approximate surface area is 138 Å². The Hall–Kier alpha value is -2.13. The second-order valence-electron chi connectivity index (χ2n) is 6.17. The Bertz CT molecular complexity index is 651. The van der Waals surface area contributed by atoms with Crippen LogP contribution in [0.4, 0.5) is 0 Å². The summed E-state index contributed by atoms with van der Waals surface area (Å²) in [5.74, 6) is 0.152. The van der Waals surface area contributed by atoms with Crippen molar-refractivity contribution in [2.45, 2.75) is 39.2 Å². The molecule has 0 bridgehead atoms. The number of carbonyl (C=O) groups excluding carboxylic acids is 1. The number of amides is 1. The van der Waals surface area contributed by atoms with Crippen LogP contribution in [0.1, 0.15) is 37.8 Å². The summed E-state index contributed by atoms with van der Waals surface area (Å²) in [6, 6.07) is 8.04. The van der Waals surface area contributed by atoms with Crippen LogP contribution in [0.15, 0.2) is 53.8 Å². The average molecular weight is 311 g/mol. The first-order valence-electron chi connectivity index (χ1n) is 8.03. The molecule has 1 aliphatic rings. The highest BCUT2D eigenvalue weighted by molar-refractivity contribution is 5.80. The summed E-state index contributed by atoms with van der Waals surface area (Å²) in [4.78, 5) is 13.4. The summed E-state index contributed by atoms with van der Waals surface area (Å²) in [7, 11) is 1.81. The lowest BCUT2D eigenvalue weighted by Gasteiger charge is -2.22. The molecule has 1 amide bonds. The number of hydrogen-bond donors (Lipinski definition) is 1. The summed E-state index contributed by atoms with van der Waals surface area (Å²) < 4.78 is 0. The number of carbonyl (C=O) groups is 1. The van der Waals surface area contributed by atoms with Crippen molar-refractivity contribution >= 4 is 12.0 Å². The Morgan fingerprint density at radius 3 is 2.78 bits per heavy atom. The van der Waals surface area contributed by atoms with E-state index in [1.807, 2.05) is 63.4 Å². The zero-order chi connectivity index (χ0) is 16.8. The highest BCUT2D eigenvalue weighted by Gasteiger charge is 2.15. The molecule has 122 valence electrons. The van der Waals surface area contributed by atoms with E-state index >= 15 is 0 Å². The van der Waals surface area contributed by atoms with Crippen LogP contribution in [0.5, 0.6) is 0 Å². The molecule has 3 heteroatoms. The Kier molecular flexibility index (Phi) is 5.94. The molecule has 0 spiro atoms. The molecule has 3 nitrogen and oxygen atoms in total. The van der Waals surface area contributed by atoms with Gasteiger partial charge in [0.25, 0.3) is 0 Å². The molecule has 1 aliphatic heterocycles. The molecule has 1 heterocycles. The SMILES string of the molecule is CC(C)=CC(O)Cc1ccccc1/C=C/C1=CCCC(=O)N1C. The monoisotopic (exact) mass is 311 g/mol. The largest absolute Gasteiger partial charge is 0.389 e. The molecule has 23 heavy (non-hydrogen) atoms. The van der Waals surface area contributed by atoms with Crippen LogP contribution in [-0.4, -0.2) is 29.1 Å². The van der Waals surface area contributed by atoms with Crippen molar-refractivity contribution in [1.82, 2.24) is 4.90 Å². The fourth-order valence-electron chi connectivity index (χ4n) is 2.70. The summed E-state index contributed by atoms with van der Waals surface area (Å²) in [6.07, 6.45) is 9.43. The molecule has 0 aromatic heterocycles. The predicted molar refractivity (Wildman–Crippen MR) is 94.7 cm³/mol. The maximum Gasteiger partial charge on any atom is 0.227 e. The van der Waals surface area contributed by atoms with Gasteiger partial charge in [-0.05, 0) is 37.5 Å². The minimum Gasteiger partial charge on any atom is -0.389 e. The molecule has 2 rings (SSSR count). The molecule has 1 unspecified atom stereocenters. The maximum absolute atomic E-state index is 11.7. The maximum atomic E-state index is 11.7. The summed E-state index contributed by atoms with van der Waals surface area (Å²) in [5.41, 5.74) is 4.21. The van der Waals surface area contributed by atoms with Crippen molar-refractivity contribution in [2.24, 2.45) is 0 Å². The topological polar surface area (TPSA) is 40.5 Å². The fourth-order valence-corrected chi connectivity index (χ4v) is 2.70. The van der Waals surface area contributed by atoms with Crippen molar-refractivity contribution in [3.8, 4) is 0 Å². The van der Waals surface area contributed by atoms with Crippen LogP contribution in [0.2, 0.25) is 0 Å². The van der Waals surface area contributed by atoms with E-state index in [-0.39, 0.29) is 5.91 Å². The second kappa shape index (κ2) is 7.93. The number of aliphatic hydroxyl groups is 1. The van der Waals surface area contributed by atoms with E-state index in [0.29, 0.717) is 12.8 Å². The van der Waals surface area contributed by atoms with E-state index < -0.39 is 6.10 Å². The molecule has 1 aromatic rings. The number of hydrogen-bond acceptors (Lipinski definition) is 2. The number of benzene rings is 1. The van der Waals surface area contributed by atoms with Crippen LogP contribution in [0, 0.1) is 0 Å². The quantitative estimate of drug-likeness (QED) is 0.842. The van der Waals surface area contributed by atoms with Crippen LogP contribution in [0.3, 0.4) is 0 Å². The Morgan fingerprint density at radius 1 is 1.30 bits per heavy atom. The van der Waals surface area contributed by atoms with E-state index in [0.717, 1.165) is 28.8 Å². The third-order valence-electron chi connectivity index (χ3n) is 3.92. The van der Waals surface area contributed by atoms with E-state index in [1.54, 1.807) is 4.90 Å². The van der Waals surface area contributed by atoms with Crippen LogP contribution >= 0.6 is 0 Å². The van der Waals surface area contributed by atoms with E-state index in [4.69, 9.17) is 0 Å². The van der Waals surface area contributed by atoms with Gasteiger partial charge in [0.05, 0.1) is 6.10 Å². The van der Waals surface area contributed by atoms with Crippen molar-refractivity contribution in [1.29, 1.82) is 0 Å². The average Bonchev–Trinajstić information content (AvgIpc) is 2.49. The first-order valence-corrected chi connectivity index (χ1v) is 8.03. The highest BCUT2D eigenvalue weighted by Crippen LogP contribution is 2.19. The van der Waals surface area contributed by atoms with Crippen molar-refractivity contribution < 1.29 is 9.90 Å². The molecule has 0 aliphatic carbocycles. The molecular weight excluding hydrogens is 286 g/mol. The van der Waals surface area contributed by atoms with Gasteiger partial charge < -0.3 is 10.0 Å². The van der Waals surface area contributed by atoms with E-state index in [9.17, 15) is 9.90 Å². The number of allylic oxidation sites excluding steroid dienone is 3. The zero-order valence-corrected chi connectivity index (χ0v) is 14.1. The zero-order valence-electron chi connectivity index (χ0n) is 14.1. The summed E-state index contributed by atoms with van der Waals surface area (Å²) in [6.45, 7) is 3.97. The van der Waals surface area contributed by atoms with Gasteiger partial charge in [0.2, 0.25) is 5.91 Å². The van der Waals surface area contributed by atoms with Gasteiger partial charge in [-0.3, -0.25) is 4.79 Å². The van der Waals surface area contributed by atoms with Gasteiger partial charge >= 0.3 is 0 Å². The highest BCUT2D eigenvalue weighted by atomic mass is 16.3. The van der Waals surface area contributed by atoms with Gasteiger partial charge in [-0.15, -0.1) is 0 Å². The van der Waals surface area contributed by atoms with E-state index in [2.05, 4.69) is 6.08 Å². The van der Waals surface area contributed by atoms with Gasteiger partial charge in [0, 0.05) is 25.6 Å². The Balaban J connectivity index is 2.17. The molecule has 0 fully saturated rings. The Morgan fingerprint density at radius 2 is 2.04 bits per heavy atom. The molecule has 0 radical (unpaired) electrons. The first-order chi connectivity index (χ1) is 11.0. The van der Waals surface area contributed by atoms with Crippen LogP contribution in [-0.2, 0) is 11.2 Å². The lowest BCUT2D eigenvalue weighted by atomic mass is 9.99. The number of aliphatic hydroxyl groups excluding tert-OH is 1. The summed E-state index contributed by atoms with van der Waals surface area (Å²) >= 11 is 0. The molecule has 1 atom stereocenters. The number of rotatable bonds is 5. The molecular formula is C20H25NO2. The standard InChI is InChI=1S/C20H25NO2/c1-15(2)13-19(22)14-17-8-5-4-7-16(17)11-12-18-9-6-10-20(23)21(18)3/h4-5,7-9,11-13,19,22H,6,10,14H2,1-3H3/b12-11+. The number of likely N-dealkylation sites (N-methyl/N-ethyl adjacent to an activating group) is 1. The minimum atomic E-state index is -0.479. The van der Waals surface area contributed by atoms with E-state index in [1.165, 1.54) is 0 Å². The molecule has 1 aromatic carbocycles.